The van der Waals surface area contributed by atoms with E-state index in [-0.39, 0.29) is 11.2 Å². The maximum Gasteiger partial charge on any atom is 0.130 e. The number of ketones is 1. The van der Waals surface area contributed by atoms with E-state index in [2.05, 4.69) is 0 Å². The Hall–Kier alpha value is 0.250. The van der Waals surface area contributed by atoms with Gasteiger partial charge in [-0.05, 0) is 19.8 Å². The highest BCUT2D eigenvalue weighted by molar-refractivity contribution is 6.27. The highest BCUT2D eigenvalue weighted by atomic mass is 35.5. The van der Waals surface area contributed by atoms with Crippen molar-refractivity contribution in [2.24, 2.45) is 5.92 Å². The lowest BCUT2D eigenvalue weighted by molar-refractivity contribution is -0.117. The Balaban J connectivity index is 0. The molecule has 0 spiro atoms. The van der Waals surface area contributed by atoms with Gasteiger partial charge in [-0.25, -0.2) is 0 Å². The summed E-state index contributed by atoms with van der Waals surface area (Å²) in [6.07, 6.45) is 0.722. The molecule has 0 aromatic carbocycles. The van der Waals surface area contributed by atoms with Gasteiger partial charge in [0.25, 0.3) is 0 Å². The molecule has 12 heavy (non-hydrogen) atoms. The van der Waals surface area contributed by atoms with Crippen LogP contribution < -0.4 is 0 Å². The van der Waals surface area contributed by atoms with Crippen LogP contribution in [0.2, 0.25) is 0 Å². The van der Waals surface area contributed by atoms with Crippen molar-refractivity contribution in [3.05, 3.63) is 0 Å². The molecule has 0 aromatic heterocycles. The van der Waals surface area contributed by atoms with Gasteiger partial charge in [0.05, 0.1) is 0 Å². The molecule has 0 heterocycles. The molecule has 74 valence electrons. The van der Waals surface area contributed by atoms with E-state index in [0.29, 0.717) is 11.8 Å². The van der Waals surface area contributed by atoms with E-state index < -0.39 is 0 Å². The summed E-state index contributed by atoms with van der Waals surface area (Å²) >= 11 is 10.5. The number of carbonyl (C=O) groups excluding carboxylic acids is 1. The van der Waals surface area contributed by atoms with Crippen LogP contribution in [0.15, 0.2) is 0 Å². The monoisotopic (exact) mass is 212 g/mol. The number of hydrogen-bond donors (Lipinski definition) is 0. The largest absolute Gasteiger partial charge is 0.300 e. The van der Waals surface area contributed by atoms with Crippen LogP contribution in [0.5, 0.6) is 0 Å². The van der Waals surface area contributed by atoms with E-state index in [0.717, 1.165) is 6.42 Å². The third kappa shape index (κ3) is 22.5. The molecule has 0 aliphatic carbocycles. The van der Waals surface area contributed by atoms with Gasteiger partial charge in [0.2, 0.25) is 0 Å². The molecule has 0 N–H and O–H groups in total. The Bertz CT molecular complexity index is 111. The quantitative estimate of drug-likeness (QED) is 0.656. The maximum atomic E-state index is 10.3. The summed E-state index contributed by atoms with van der Waals surface area (Å²) in [4.78, 5) is 10.3. The second-order valence-corrected chi connectivity index (χ2v) is 4.29. The standard InChI is InChI=1S/C6H12O.C3H6Cl2/c1-5(2)4-6(3)7;1-3(5)2-4/h5H,4H2,1-3H3;3H,2H2,1H3. The van der Waals surface area contributed by atoms with Gasteiger partial charge in [-0.3, -0.25) is 0 Å². The lowest BCUT2D eigenvalue weighted by Crippen LogP contribution is -1.95. The zero-order chi connectivity index (χ0) is 10.1. The Morgan fingerprint density at radius 1 is 1.33 bits per heavy atom. The van der Waals surface area contributed by atoms with Crippen LogP contribution in [0.4, 0.5) is 0 Å². The number of halogens is 2. The van der Waals surface area contributed by atoms with Crippen molar-refractivity contribution < 1.29 is 4.79 Å². The van der Waals surface area contributed by atoms with E-state index >= 15 is 0 Å². The molecule has 0 radical (unpaired) electrons. The van der Waals surface area contributed by atoms with E-state index in [1.165, 1.54) is 0 Å². The number of carbonyl (C=O) groups is 1. The lowest BCUT2D eigenvalue weighted by atomic mass is 10.1. The van der Waals surface area contributed by atoms with Crippen molar-refractivity contribution in [3.8, 4) is 0 Å². The third-order valence-electron chi connectivity index (χ3n) is 0.908. The summed E-state index contributed by atoms with van der Waals surface area (Å²) in [5.74, 6) is 1.36. The highest BCUT2D eigenvalue weighted by Crippen LogP contribution is 1.97. The van der Waals surface area contributed by atoms with Gasteiger partial charge in [0.15, 0.2) is 0 Å². The van der Waals surface area contributed by atoms with E-state index in [4.69, 9.17) is 23.2 Å². The lowest BCUT2D eigenvalue weighted by Gasteiger charge is -1.95. The number of Topliss-reactive ketones (excluding diaryl/α,β-unsaturated/α-hetero) is 1. The van der Waals surface area contributed by atoms with Crippen molar-refractivity contribution in [1.29, 1.82) is 0 Å². The van der Waals surface area contributed by atoms with E-state index in [1.807, 2.05) is 20.8 Å². The predicted molar refractivity (Wildman–Crippen MR) is 56.2 cm³/mol. The summed E-state index contributed by atoms with van der Waals surface area (Å²) in [6, 6.07) is 0. The summed E-state index contributed by atoms with van der Waals surface area (Å²) in [6.45, 7) is 7.57. The molecule has 0 aromatic rings. The topological polar surface area (TPSA) is 17.1 Å². The molecule has 0 saturated carbocycles. The van der Waals surface area contributed by atoms with Crippen LogP contribution in [-0.2, 0) is 4.79 Å². The van der Waals surface area contributed by atoms with Crippen molar-refractivity contribution in [2.75, 3.05) is 5.88 Å². The first-order chi connectivity index (χ1) is 5.40. The first kappa shape index (κ1) is 14.8. The van der Waals surface area contributed by atoms with Gasteiger partial charge in [0.1, 0.15) is 5.78 Å². The van der Waals surface area contributed by atoms with Crippen molar-refractivity contribution in [3.63, 3.8) is 0 Å². The molecule has 1 unspecified atom stereocenters. The second kappa shape index (κ2) is 9.34. The molecule has 0 saturated heterocycles. The minimum Gasteiger partial charge on any atom is -0.300 e. The summed E-state index contributed by atoms with van der Waals surface area (Å²) < 4.78 is 0. The smallest absolute Gasteiger partial charge is 0.130 e. The zero-order valence-corrected chi connectivity index (χ0v) is 9.74. The van der Waals surface area contributed by atoms with Crippen LogP contribution >= 0.6 is 23.2 Å². The van der Waals surface area contributed by atoms with Crippen molar-refractivity contribution in [2.45, 2.75) is 39.5 Å². The molecular formula is C9H18Cl2O. The predicted octanol–water partition coefficient (Wildman–Crippen LogP) is 3.47. The Labute approximate surface area is 85.4 Å². The third-order valence-corrected chi connectivity index (χ3v) is 1.68. The Morgan fingerprint density at radius 2 is 1.67 bits per heavy atom. The second-order valence-electron chi connectivity index (χ2n) is 3.24. The molecule has 0 rings (SSSR count). The summed E-state index contributed by atoms with van der Waals surface area (Å²) in [5.41, 5.74) is 0. The fourth-order valence-corrected chi connectivity index (χ4v) is 0.575. The normalized spacial score (nSPS) is 11.9. The van der Waals surface area contributed by atoms with Crippen LogP contribution in [0.3, 0.4) is 0 Å². The molecule has 1 atom stereocenters. The SMILES string of the molecule is CC(=O)CC(C)C.CC(Cl)CCl. The average Bonchev–Trinajstić information content (AvgIpc) is 1.85. The minimum absolute atomic E-state index is 0.122. The van der Waals surface area contributed by atoms with E-state index in [1.54, 1.807) is 6.92 Å². The van der Waals surface area contributed by atoms with Gasteiger partial charge in [-0.15, -0.1) is 23.2 Å². The molecule has 3 heteroatoms. The van der Waals surface area contributed by atoms with Crippen molar-refractivity contribution in [1.82, 2.24) is 0 Å². The molecule has 0 fully saturated rings. The van der Waals surface area contributed by atoms with Gasteiger partial charge in [0, 0.05) is 17.7 Å². The fraction of sp³-hybridized carbons (Fsp3) is 0.889. The van der Waals surface area contributed by atoms with Crippen LogP contribution in [0.1, 0.15) is 34.1 Å². The van der Waals surface area contributed by atoms with Gasteiger partial charge >= 0.3 is 0 Å². The fourth-order valence-electron chi connectivity index (χ4n) is 0.575. The molecule has 1 nitrogen and oxygen atoms in total. The van der Waals surface area contributed by atoms with Gasteiger partial charge in [-0.2, -0.15) is 0 Å². The van der Waals surface area contributed by atoms with Crippen LogP contribution in [0.25, 0.3) is 0 Å². The number of rotatable bonds is 3. The summed E-state index contributed by atoms with van der Waals surface area (Å²) in [5, 5.41) is 0.122. The van der Waals surface area contributed by atoms with Crippen LogP contribution in [-0.4, -0.2) is 17.0 Å². The molecule has 0 aliphatic rings. The van der Waals surface area contributed by atoms with Crippen LogP contribution in [0, 0.1) is 5.92 Å². The summed E-state index contributed by atoms with van der Waals surface area (Å²) in [7, 11) is 0. The Morgan fingerprint density at radius 3 is 1.67 bits per heavy atom. The van der Waals surface area contributed by atoms with E-state index in [9.17, 15) is 4.79 Å². The van der Waals surface area contributed by atoms with Crippen molar-refractivity contribution >= 4 is 29.0 Å². The first-order valence-electron chi connectivity index (χ1n) is 4.09. The Kier molecular flexibility index (Phi) is 11.5. The molecular weight excluding hydrogens is 195 g/mol. The maximum absolute atomic E-state index is 10.3. The zero-order valence-electron chi connectivity index (χ0n) is 8.23. The number of alkyl halides is 2. The minimum atomic E-state index is 0.122. The molecule has 0 aliphatic heterocycles. The average molecular weight is 213 g/mol. The number of hydrogen-bond acceptors (Lipinski definition) is 1. The first-order valence-corrected chi connectivity index (χ1v) is 5.06. The molecule has 0 bridgehead atoms. The van der Waals surface area contributed by atoms with Gasteiger partial charge < -0.3 is 4.79 Å². The molecule has 0 amide bonds. The van der Waals surface area contributed by atoms with Gasteiger partial charge in [-0.1, -0.05) is 13.8 Å². The highest BCUT2D eigenvalue weighted by Gasteiger charge is 1.95.